The highest BCUT2D eigenvalue weighted by atomic mass is 16.4. The first-order valence-corrected chi connectivity index (χ1v) is 5.64. The summed E-state index contributed by atoms with van der Waals surface area (Å²) in [6, 6.07) is 0. The average molecular weight is 249 g/mol. The van der Waals surface area contributed by atoms with Crippen molar-refractivity contribution in [2.24, 2.45) is 0 Å². The van der Waals surface area contributed by atoms with E-state index in [1.54, 1.807) is 6.33 Å². The maximum atomic E-state index is 10.5. The van der Waals surface area contributed by atoms with Gasteiger partial charge in [-0.15, -0.1) is 0 Å². The summed E-state index contributed by atoms with van der Waals surface area (Å²) >= 11 is 0. The fraction of sp³-hybridized carbons (Fsp3) is 0.455. The molecule has 0 radical (unpaired) electrons. The van der Waals surface area contributed by atoms with E-state index in [-0.39, 0.29) is 6.42 Å². The monoisotopic (exact) mass is 249 g/mol. The molecule has 2 rings (SSSR count). The van der Waals surface area contributed by atoms with Crippen LogP contribution >= 0.6 is 0 Å². The van der Waals surface area contributed by atoms with Gasteiger partial charge in [-0.2, -0.15) is 0 Å². The van der Waals surface area contributed by atoms with Crippen molar-refractivity contribution in [3.63, 3.8) is 0 Å². The van der Waals surface area contributed by atoms with E-state index in [4.69, 9.17) is 5.11 Å². The van der Waals surface area contributed by atoms with Crippen LogP contribution in [0.25, 0.3) is 11.2 Å². The van der Waals surface area contributed by atoms with Crippen LogP contribution in [0.15, 0.2) is 12.7 Å². The SMILES string of the molecule is CN(C)c1ncnc2c1ncn2CCCC(=O)O. The highest BCUT2D eigenvalue weighted by molar-refractivity contribution is 5.82. The van der Waals surface area contributed by atoms with Crippen LogP contribution in [0.3, 0.4) is 0 Å². The van der Waals surface area contributed by atoms with Crippen molar-refractivity contribution in [1.82, 2.24) is 19.5 Å². The number of aliphatic carboxylic acids is 1. The van der Waals surface area contributed by atoms with Crippen LogP contribution in [-0.4, -0.2) is 44.7 Å². The smallest absolute Gasteiger partial charge is 0.303 e. The lowest BCUT2D eigenvalue weighted by Crippen LogP contribution is -2.11. The van der Waals surface area contributed by atoms with Gasteiger partial charge in [-0.25, -0.2) is 15.0 Å². The van der Waals surface area contributed by atoms with E-state index < -0.39 is 5.97 Å². The Kier molecular flexibility index (Phi) is 3.40. The van der Waals surface area contributed by atoms with Gasteiger partial charge in [-0.1, -0.05) is 0 Å². The highest BCUT2D eigenvalue weighted by Gasteiger charge is 2.11. The Morgan fingerprint density at radius 2 is 2.17 bits per heavy atom. The van der Waals surface area contributed by atoms with E-state index in [1.807, 2.05) is 23.6 Å². The van der Waals surface area contributed by atoms with Gasteiger partial charge in [0.1, 0.15) is 6.33 Å². The number of carboxylic acids is 1. The first-order valence-electron chi connectivity index (χ1n) is 5.64. The van der Waals surface area contributed by atoms with Crippen molar-refractivity contribution in [3.05, 3.63) is 12.7 Å². The number of nitrogens with zero attached hydrogens (tertiary/aromatic N) is 5. The van der Waals surface area contributed by atoms with Gasteiger partial charge >= 0.3 is 5.97 Å². The zero-order valence-corrected chi connectivity index (χ0v) is 10.4. The summed E-state index contributed by atoms with van der Waals surface area (Å²) in [6.45, 7) is 0.590. The largest absolute Gasteiger partial charge is 0.481 e. The van der Waals surface area contributed by atoms with Crippen LogP contribution < -0.4 is 4.90 Å². The molecule has 0 aromatic carbocycles. The number of rotatable bonds is 5. The fourth-order valence-electron chi connectivity index (χ4n) is 1.76. The molecule has 0 saturated heterocycles. The molecule has 0 unspecified atom stereocenters. The van der Waals surface area contributed by atoms with Crippen LogP contribution in [0.5, 0.6) is 0 Å². The molecule has 0 saturated carbocycles. The zero-order chi connectivity index (χ0) is 13.1. The molecule has 2 aromatic heterocycles. The first-order chi connectivity index (χ1) is 8.59. The molecule has 0 spiro atoms. The number of anilines is 1. The lowest BCUT2D eigenvalue weighted by molar-refractivity contribution is -0.137. The standard InChI is InChI=1S/C11H15N5O2/c1-15(2)10-9-11(13-6-12-10)16(7-14-9)5-3-4-8(17)18/h6-7H,3-5H2,1-2H3,(H,17,18). The Hall–Kier alpha value is -2.18. The van der Waals surface area contributed by atoms with Crippen molar-refractivity contribution in [3.8, 4) is 0 Å². The number of hydrogen-bond acceptors (Lipinski definition) is 5. The van der Waals surface area contributed by atoms with Gasteiger partial charge < -0.3 is 14.6 Å². The molecule has 0 amide bonds. The van der Waals surface area contributed by atoms with Crippen molar-refractivity contribution in [2.75, 3.05) is 19.0 Å². The highest BCUT2D eigenvalue weighted by Crippen LogP contribution is 2.19. The Labute approximate surface area is 104 Å². The summed E-state index contributed by atoms with van der Waals surface area (Å²) in [6.07, 6.45) is 3.87. The Morgan fingerprint density at radius 1 is 1.39 bits per heavy atom. The second kappa shape index (κ2) is 4.99. The summed E-state index contributed by atoms with van der Waals surface area (Å²) in [5, 5.41) is 8.62. The van der Waals surface area contributed by atoms with E-state index in [0.717, 1.165) is 17.0 Å². The van der Waals surface area contributed by atoms with E-state index in [2.05, 4.69) is 15.0 Å². The molecule has 0 aliphatic rings. The van der Waals surface area contributed by atoms with Gasteiger partial charge in [0.2, 0.25) is 0 Å². The third kappa shape index (κ3) is 2.39. The lowest BCUT2D eigenvalue weighted by Gasteiger charge is -2.10. The molecule has 0 fully saturated rings. The summed E-state index contributed by atoms with van der Waals surface area (Å²) in [4.78, 5) is 25.0. The molecule has 0 atom stereocenters. The molecule has 96 valence electrons. The molecular formula is C11H15N5O2. The maximum Gasteiger partial charge on any atom is 0.303 e. The van der Waals surface area contributed by atoms with Crippen LogP contribution in [0.4, 0.5) is 5.82 Å². The number of carbonyl (C=O) groups is 1. The second-order valence-corrected chi connectivity index (χ2v) is 4.20. The number of aryl methyl sites for hydroxylation is 1. The molecule has 18 heavy (non-hydrogen) atoms. The van der Waals surface area contributed by atoms with Gasteiger partial charge in [-0.05, 0) is 6.42 Å². The van der Waals surface area contributed by atoms with Crippen molar-refractivity contribution < 1.29 is 9.90 Å². The third-order valence-corrected chi connectivity index (χ3v) is 2.60. The second-order valence-electron chi connectivity index (χ2n) is 4.20. The van der Waals surface area contributed by atoms with Crippen LogP contribution in [-0.2, 0) is 11.3 Å². The number of carboxylic acid groups (broad SMARTS) is 1. The molecule has 0 aliphatic heterocycles. The van der Waals surface area contributed by atoms with E-state index in [1.165, 1.54) is 6.33 Å². The summed E-state index contributed by atoms with van der Waals surface area (Å²) in [7, 11) is 3.79. The normalized spacial score (nSPS) is 10.8. The maximum absolute atomic E-state index is 10.5. The van der Waals surface area contributed by atoms with E-state index in [9.17, 15) is 4.79 Å². The summed E-state index contributed by atoms with van der Waals surface area (Å²) < 4.78 is 1.85. The zero-order valence-electron chi connectivity index (χ0n) is 10.4. The first kappa shape index (κ1) is 12.3. The van der Waals surface area contributed by atoms with Crippen LogP contribution in [0, 0.1) is 0 Å². The topological polar surface area (TPSA) is 84.1 Å². The third-order valence-electron chi connectivity index (χ3n) is 2.60. The minimum absolute atomic E-state index is 0.144. The average Bonchev–Trinajstić information content (AvgIpc) is 2.72. The molecule has 2 heterocycles. The molecule has 0 bridgehead atoms. The molecule has 0 aliphatic carbocycles. The minimum atomic E-state index is -0.789. The van der Waals surface area contributed by atoms with Gasteiger partial charge in [0, 0.05) is 27.1 Å². The van der Waals surface area contributed by atoms with Gasteiger partial charge in [0.05, 0.1) is 6.33 Å². The van der Waals surface area contributed by atoms with E-state index >= 15 is 0 Å². The number of imidazole rings is 1. The lowest BCUT2D eigenvalue weighted by atomic mass is 10.3. The van der Waals surface area contributed by atoms with Crippen molar-refractivity contribution >= 4 is 23.0 Å². The summed E-state index contributed by atoms with van der Waals surface area (Å²) in [5.41, 5.74) is 1.47. The number of fused-ring (bicyclic) bond motifs is 1. The molecule has 7 heteroatoms. The molecular weight excluding hydrogens is 234 g/mol. The quantitative estimate of drug-likeness (QED) is 0.842. The number of aromatic nitrogens is 4. The van der Waals surface area contributed by atoms with Gasteiger partial charge in [0.25, 0.3) is 0 Å². The van der Waals surface area contributed by atoms with Gasteiger partial charge in [-0.3, -0.25) is 4.79 Å². The van der Waals surface area contributed by atoms with E-state index in [0.29, 0.717) is 13.0 Å². The molecule has 2 aromatic rings. The van der Waals surface area contributed by atoms with Crippen LogP contribution in [0.2, 0.25) is 0 Å². The Morgan fingerprint density at radius 3 is 2.83 bits per heavy atom. The fourth-order valence-corrected chi connectivity index (χ4v) is 1.76. The van der Waals surface area contributed by atoms with Crippen LogP contribution in [0.1, 0.15) is 12.8 Å². The van der Waals surface area contributed by atoms with Gasteiger partial charge in [0.15, 0.2) is 17.0 Å². The van der Waals surface area contributed by atoms with Crippen molar-refractivity contribution in [1.29, 1.82) is 0 Å². The minimum Gasteiger partial charge on any atom is -0.481 e. The summed E-state index contributed by atoms with van der Waals surface area (Å²) in [5.74, 6) is -0.0278. The van der Waals surface area contributed by atoms with Crippen molar-refractivity contribution in [2.45, 2.75) is 19.4 Å². The molecule has 1 N–H and O–H groups in total. The predicted molar refractivity (Wildman–Crippen MR) is 66.5 cm³/mol. The predicted octanol–water partition coefficient (Wildman–Crippen LogP) is 0.757. The molecule has 7 nitrogen and oxygen atoms in total. The Balaban J connectivity index is 2.25. The number of hydrogen-bond donors (Lipinski definition) is 1. The Bertz CT molecular complexity index is 564.